The lowest BCUT2D eigenvalue weighted by molar-refractivity contribution is -0.141. The minimum Gasteiger partial charge on any atom is -0.468 e. The smallest absolute Gasteiger partial charge is 0.325 e. The quantitative estimate of drug-likeness (QED) is 0.733. The van der Waals surface area contributed by atoms with Gasteiger partial charge in [-0.1, -0.05) is 6.92 Å². The van der Waals surface area contributed by atoms with E-state index in [1.807, 2.05) is 6.92 Å². The van der Waals surface area contributed by atoms with Crippen LogP contribution < -0.4 is 5.56 Å². The monoisotopic (exact) mass is 253 g/mol. The molecule has 1 aromatic heterocycles. The molecule has 0 saturated heterocycles. The van der Waals surface area contributed by atoms with Gasteiger partial charge in [-0.05, 0) is 12.5 Å². The average Bonchev–Trinajstić information content (AvgIpc) is 2.38. The number of carbonyl (C=O) groups excluding carboxylic acids is 2. The molecule has 0 saturated carbocycles. The highest BCUT2D eigenvalue weighted by atomic mass is 16.5. The number of aromatic amines is 1. The van der Waals surface area contributed by atoms with E-state index in [2.05, 4.69) is 14.9 Å². The van der Waals surface area contributed by atoms with Gasteiger partial charge in [0.2, 0.25) is 0 Å². The zero-order valence-corrected chi connectivity index (χ0v) is 10.3. The Morgan fingerprint density at radius 1 is 1.44 bits per heavy atom. The van der Waals surface area contributed by atoms with Crippen molar-refractivity contribution < 1.29 is 14.3 Å². The van der Waals surface area contributed by atoms with Crippen LogP contribution in [-0.2, 0) is 9.53 Å². The average molecular weight is 253 g/mol. The summed E-state index contributed by atoms with van der Waals surface area (Å²) in [5, 5.41) is 5.81. The van der Waals surface area contributed by atoms with Crippen LogP contribution in [0, 0.1) is 0 Å². The number of carbonyl (C=O) groups is 2. The Balaban J connectivity index is 2.84. The highest BCUT2D eigenvalue weighted by Gasteiger charge is 2.19. The Morgan fingerprint density at radius 2 is 2.17 bits per heavy atom. The lowest BCUT2D eigenvalue weighted by Gasteiger charge is -2.19. The Labute approximate surface area is 104 Å². The van der Waals surface area contributed by atoms with Crippen molar-refractivity contribution in [2.75, 3.05) is 20.2 Å². The van der Waals surface area contributed by atoms with Gasteiger partial charge in [0.15, 0.2) is 0 Å². The molecule has 1 rings (SSSR count). The van der Waals surface area contributed by atoms with Crippen molar-refractivity contribution in [3.05, 3.63) is 28.2 Å². The highest BCUT2D eigenvalue weighted by Crippen LogP contribution is 2.01. The van der Waals surface area contributed by atoms with E-state index in [1.165, 1.54) is 24.1 Å². The first-order chi connectivity index (χ1) is 8.58. The minimum atomic E-state index is -0.499. The number of rotatable bonds is 5. The number of H-pyrrole nitrogens is 1. The van der Waals surface area contributed by atoms with Crippen LogP contribution in [0.2, 0.25) is 0 Å². The van der Waals surface area contributed by atoms with E-state index in [0.29, 0.717) is 13.0 Å². The zero-order valence-electron chi connectivity index (χ0n) is 10.3. The maximum atomic E-state index is 12.0. The second-order valence-corrected chi connectivity index (χ2v) is 3.61. The molecule has 0 spiro atoms. The molecule has 98 valence electrons. The summed E-state index contributed by atoms with van der Waals surface area (Å²) < 4.78 is 4.52. The third-order valence-electron chi connectivity index (χ3n) is 2.23. The lowest BCUT2D eigenvalue weighted by atomic mass is 10.3. The molecule has 0 aromatic carbocycles. The molecule has 7 heteroatoms. The second-order valence-electron chi connectivity index (χ2n) is 3.61. The number of hydrogen-bond acceptors (Lipinski definition) is 5. The van der Waals surface area contributed by atoms with Crippen LogP contribution in [-0.4, -0.2) is 47.2 Å². The van der Waals surface area contributed by atoms with Gasteiger partial charge in [0.05, 0.1) is 7.11 Å². The molecule has 0 radical (unpaired) electrons. The highest BCUT2D eigenvalue weighted by molar-refractivity contribution is 5.94. The van der Waals surface area contributed by atoms with Crippen molar-refractivity contribution in [2.24, 2.45) is 0 Å². The normalized spacial score (nSPS) is 9.89. The Hall–Kier alpha value is -2.18. The summed E-state index contributed by atoms with van der Waals surface area (Å²) in [6, 6.07) is 2.53. The van der Waals surface area contributed by atoms with Gasteiger partial charge in [0.1, 0.15) is 12.2 Å². The fourth-order valence-electron chi connectivity index (χ4n) is 1.37. The number of aromatic nitrogens is 2. The maximum absolute atomic E-state index is 12.0. The molecule has 0 aliphatic carbocycles. The molecular formula is C11H15N3O4. The van der Waals surface area contributed by atoms with Crippen LogP contribution in [0.3, 0.4) is 0 Å². The third-order valence-corrected chi connectivity index (χ3v) is 2.23. The zero-order chi connectivity index (χ0) is 13.5. The number of methoxy groups -OCH3 is 1. The van der Waals surface area contributed by atoms with Crippen molar-refractivity contribution >= 4 is 11.9 Å². The fourth-order valence-corrected chi connectivity index (χ4v) is 1.37. The van der Waals surface area contributed by atoms with Crippen LogP contribution in [0.15, 0.2) is 16.9 Å². The van der Waals surface area contributed by atoms with Crippen molar-refractivity contribution in [1.82, 2.24) is 15.1 Å². The predicted octanol–water partition coefficient (Wildman–Crippen LogP) is -0.205. The van der Waals surface area contributed by atoms with Crippen molar-refractivity contribution in [1.29, 1.82) is 0 Å². The molecule has 18 heavy (non-hydrogen) atoms. The number of hydrogen-bond donors (Lipinski definition) is 1. The largest absolute Gasteiger partial charge is 0.468 e. The first-order valence-electron chi connectivity index (χ1n) is 5.50. The first kappa shape index (κ1) is 13.9. The standard InChI is InChI=1S/C11H15N3O4/c1-3-6-14(7-10(16)18-2)11(17)8-4-5-9(15)13-12-8/h4-5H,3,6-7H2,1-2H3,(H,13,15). The van der Waals surface area contributed by atoms with E-state index >= 15 is 0 Å². The third kappa shape index (κ3) is 3.69. The number of nitrogens with zero attached hydrogens (tertiary/aromatic N) is 2. The van der Waals surface area contributed by atoms with E-state index in [-0.39, 0.29) is 17.8 Å². The topological polar surface area (TPSA) is 92.4 Å². The van der Waals surface area contributed by atoms with E-state index in [1.54, 1.807) is 0 Å². The lowest BCUT2D eigenvalue weighted by Crippen LogP contribution is -2.37. The first-order valence-corrected chi connectivity index (χ1v) is 5.50. The summed E-state index contributed by atoms with van der Waals surface area (Å²) in [6.45, 7) is 2.16. The van der Waals surface area contributed by atoms with Gasteiger partial charge in [-0.15, -0.1) is 0 Å². The van der Waals surface area contributed by atoms with E-state index in [4.69, 9.17) is 0 Å². The molecule has 7 nitrogen and oxygen atoms in total. The molecule has 0 aliphatic rings. The van der Waals surface area contributed by atoms with Crippen LogP contribution in [0.5, 0.6) is 0 Å². The minimum absolute atomic E-state index is 0.0898. The van der Waals surface area contributed by atoms with Crippen LogP contribution in [0.4, 0.5) is 0 Å². The van der Waals surface area contributed by atoms with E-state index in [9.17, 15) is 14.4 Å². The maximum Gasteiger partial charge on any atom is 0.325 e. The van der Waals surface area contributed by atoms with Gasteiger partial charge in [-0.2, -0.15) is 5.10 Å². The van der Waals surface area contributed by atoms with E-state index in [0.717, 1.165) is 0 Å². The molecule has 0 atom stereocenters. The Kier molecular flexibility index (Phi) is 5.04. The Bertz CT molecular complexity index is 463. The number of amides is 1. The molecule has 1 aromatic rings. The van der Waals surface area contributed by atoms with Crippen LogP contribution >= 0.6 is 0 Å². The van der Waals surface area contributed by atoms with Crippen LogP contribution in [0.1, 0.15) is 23.8 Å². The molecule has 1 amide bonds. The number of ether oxygens (including phenoxy) is 1. The summed E-state index contributed by atoms with van der Waals surface area (Å²) in [5.41, 5.74) is -0.298. The molecule has 0 bridgehead atoms. The summed E-state index contributed by atoms with van der Waals surface area (Å²) in [5.74, 6) is -0.917. The van der Waals surface area contributed by atoms with Crippen molar-refractivity contribution in [3.8, 4) is 0 Å². The molecular weight excluding hydrogens is 238 g/mol. The number of nitrogens with one attached hydrogen (secondary N) is 1. The molecule has 1 N–H and O–H groups in total. The summed E-state index contributed by atoms with van der Waals surface area (Å²) >= 11 is 0. The second kappa shape index (κ2) is 6.53. The fraction of sp³-hybridized carbons (Fsp3) is 0.455. The summed E-state index contributed by atoms with van der Waals surface area (Å²) in [6.07, 6.45) is 0.700. The van der Waals surface area contributed by atoms with Gasteiger partial charge in [-0.25, -0.2) is 5.10 Å². The molecule has 0 fully saturated rings. The SMILES string of the molecule is CCCN(CC(=O)OC)C(=O)c1ccc(=O)[nH]n1. The van der Waals surface area contributed by atoms with Gasteiger partial charge in [-0.3, -0.25) is 14.4 Å². The van der Waals surface area contributed by atoms with Gasteiger partial charge >= 0.3 is 5.97 Å². The summed E-state index contributed by atoms with van der Waals surface area (Å²) in [7, 11) is 1.26. The van der Waals surface area contributed by atoms with Crippen molar-refractivity contribution in [3.63, 3.8) is 0 Å². The molecule has 0 unspecified atom stereocenters. The van der Waals surface area contributed by atoms with Gasteiger partial charge in [0, 0.05) is 12.6 Å². The summed E-state index contributed by atoms with van der Waals surface area (Å²) in [4.78, 5) is 35.4. The Morgan fingerprint density at radius 3 is 2.67 bits per heavy atom. The van der Waals surface area contributed by atoms with E-state index < -0.39 is 11.9 Å². The molecule has 0 aliphatic heterocycles. The van der Waals surface area contributed by atoms with Crippen LogP contribution in [0.25, 0.3) is 0 Å². The van der Waals surface area contributed by atoms with Gasteiger partial charge < -0.3 is 9.64 Å². The predicted molar refractivity (Wildman–Crippen MR) is 63.1 cm³/mol. The number of esters is 1. The molecule has 1 heterocycles. The van der Waals surface area contributed by atoms with Crippen molar-refractivity contribution in [2.45, 2.75) is 13.3 Å². The van der Waals surface area contributed by atoms with Gasteiger partial charge in [0.25, 0.3) is 11.5 Å².